The third kappa shape index (κ3) is 6.13. The molecule has 0 saturated heterocycles. The zero-order valence-electron chi connectivity index (χ0n) is 16.5. The van der Waals surface area contributed by atoms with Gasteiger partial charge in [-0.25, -0.2) is 0 Å². The molecule has 1 aromatic heterocycles. The quantitative estimate of drug-likeness (QED) is 0.728. The number of carbonyl (C=O) groups excluding carboxylic acids is 2. The standard InChI is InChI=1S/C20H27N3O4/c1-13-6-7-17(15(10-13)20(3,4)5)26-12-18(24)21-8-9-22-19(25)16-11-14(2)27-23-16/h6-7,10-11H,8-9,12H2,1-5H3,(H,21,24)(H,22,25). The van der Waals surface area contributed by atoms with Crippen LogP contribution in [0.1, 0.15) is 48.1 Å². The first-order valence-electron chi connectivity index (χ1n) is 8.89. The molecule has 0 aliphatic heterocycles. The third-order valence-electron chi connectivity index (χ3n) is 3.90. The van der Waals surface area contributed by atoms with E-state index in [-0.39, 0.29) is 36.1 Å². The maximum absolute atomic E-state index is 12.0. The summed E-state index contributed by atoms with van der Waals surface area (Å²) in [6.45, 7) is 10.6. The third-order valence-corrected chi connectivity index (χ3v) is 3.90. The van der Waals surface area contributed by atoms with E-state index in [4.69, 9.17) is 9.26 Å². The normalized spacial score (nSPS) is 11.1. The summed E-state index contributed by atoms with van der Waals surface area (Å²) in [4.78, 5) is 23.8. The zero-order valence-corrected chi connectivity index (χ0v) is 16.5. The summed E-state index contributed by atoms with van der Waals surface area (Å²) >= 11 is 0. The zero-order chi connectivity index (χ0) is 20.0. The van der Waals surface area contributed by atoms with Crippen LogP contribution in [0.25, 0.3) is 0 Å². The predicted octanol–water partition coefficient (Wildman–Crippen LogP) is 2.51. The summed E-state index contributed by atoms with van der Waals surface area (Å²) in [5.74, 6) is 0.683. The second-order valence-electron chi connectivity index (χ2n) is 7.47. The minimum Gasteiger partial charge on any atom is -0.483 e. The van der Waals surface area contributed by atoms with Crippen LogP contribution in [-0.4, -0.2) is 36.7 Å². The summed E-state index contributed by atoms with van der Waals surface area (Å²) in [6.07, 6.45) is 0. The Morgan fingerprint density at radius 2 is 1.81 bits per heavy atom. The van der Waals surface area contributed by atoms with Crippen molar-refractivity contribution in [1.82, 2.24) is 15.8 Å². The fourth-order valence-electron chi connectivity index (χ4n) is 2.49. The minimum atomic E-state index is -0.341. The van der Waals surface area contributed by atoms with Crippen molar-refractivity contribution in [2.24, 2.45) is 0 Å². The Balaban J connectivity index is 1.76. The Morgan fingerprint density at radius 3 is 2.44 bits per heavy atom. The van der Waals surface area contributed by atoms with Crippen LogP contribution < -0.4 is 15.4 Å². The van der Waals surface area contributed by atoms with E-state index in [1.54, 1.807) is 13.0 Å². The number of amides is 2. The lowest BCUT2D eigenvalue weighted by molar-refractivity contribution is -0.123. The fraction of sp³-hybridized carbons (Fsp3) is 0.450. The van der Waals surface area contributed by atoms with E-state index in [1.807, 2.05) is 19.1 Å². The van der Waals surface area contributed by atoms with Gasteiger partial charge in [-0.05, 0) is 30.9 Å². The average molecular weight is 373 g/mol. The first-order valence-corrected chi connectivity index (χ1v) is 8.89. The van der Waals surface area contributed by atoms with Gasteiger partial charge in [-0.1, -0.05) is 43.6 Å². The molecule has 1 heterocycles. The summed E-state index contributed by atoms with van der Waals surface area (Å²) in [5.41, 5.74) is 2.35. The van der Waals surface area contributed by atoms with Crippen LogP contribution in [0.2, 0.25) is 0 Å². The lowest BCUT2D eigenvalue weighted by atomic mass is 9.85. The molecule has 0 aliphatic carbocycles. The number of carbonyl (C=O) groups is 2. The highest BCUT2D eigenvalue weighted by molar-refractivity contribution is 5.92. The largest absolute Gasteiger partial charge is 0.483 e. The van der Waals surface area contributed by atoms with E-state index in [1.165, 1.54) is 0 Å². The number of rotatable bonds is 7. The Morgan fingerprint density at radius 1 is 1.11 bits per heavy atom. The topological polar surface area (TPSA) is 93.5 Å². The van der Waals surface area contributed by atoms with Crippen LogP contribution in [0.4, 0.5) is 0 Å². The van der Waals surface area contributed by atoms with Crippen molar-refractivity contribution in [3.8, 4) is 5.75 Å². The molecule has 27 heavy (non-hydrogen) atoms. The molecule has 2 rings (SSSR count). The van der Waals surface area contributed by atoms with Crippen molar-refractivity contribution in [3.05, 3.63) is 46.8 Å². The predicted molar refractivity (Wildman–Crippen MR) is 102 cm³/mol. The van der Waals surface area contributed by atoms with E-state index in [0.29, 0.717) is 18.1 Å². The summed E-state index contributed by atoms with van der Waals surface area (Å²) in [5, 5.41) is 9.00. The number of nitrogens with one attached hydrogen (secondary N) is 2. The molecule has 0 atom stereocenters. The Kier molecular flexibility index (Phi) is 6.60. The lowest BCUT2D eigenvalue weighted by Crippen LogP contribution is -2.37. The van der Waals surface area contributed by atoms with Crippen molar-refractivity contribution in [1.29, 1.82) is 0 Å². The van der Waals surface area contributed by atoms with Gasteiger partial charge in [0.1, 0.15) is 11.5 Å². The van der Waals surface area contributed by atoms with Crippen molar-refractivity contribution in [2.45, 2.75) is 40.0 Å². The molecule has 0 bridgehead atoms. The second-order valence-corrected chi connectivity index (χ2v) is 7.47. The van der Waals surface area contributed by atoms with Gasteiger partial charge in [0.15, 0.2) is 12.3 Å². The molecule has 7 heteroatoms. The SMILES string of the molecule is Cc1ccc(OCC(=O)NCCNC(=O)c2cc(C)on2)c(C(C)(C)C)c1. The number of nitrogens with zero attached hydrogens (tertiary/aromatic N) is 1. The first kappa shape index (κ1) is 20.5. The maximum Gasteiger partial charge on any atom is 0.273 e. The van der Waals surface area contributed by atoms with Gasteiger partial charge in [0.05, 0.1) is 0 Å². The van der Waals surface area contributed by atoms with Gasteiger partial charge in [-0.15, -0.1) is 0 Å². The number of hydrogen-bond donors (Lipinski definition) is 2. The van der Waals surface area contributed by atoms with Crippen LogP contribution >= 0.6 is 0 Å². The Labute approximate surface area is 159 Å². The molecule has 146 valence electrons. The molecule has 2 aromatic rings. The molecule has 0 spiro atoms. The van der Waals surface area contributed by atoms with Gasteiger partial charge in [-0.2, -0.15) is 0 Å². The number of aromatic nitrogens is 1. The summed E-state index contributed by atoms with van der Waals surface area (Å²) in [6, 6.07) is 7.48. The van der Waals surface area contributed by atoms with E-state index >= 15 is 0 Å². The molecule has 7 nitrogen and oxygen atoms in total. The minimum absolute atomic E-state index is 0.0808. The second kappa shape index (κ2) is 8.70. The highest BCUT2D eigenvalue weighted by Gasteiger charge is 2.19. The number of hydrogen-bond acceptors (Lipinski definition) is 5. The molecule has 1 aromatic carbocycles. The number of ether oxygens (including phenoxy) is 1. The van der Waals surface area contributed by atoms with Crippen molar-refractivity contribution in [2.75, 3.05) is 19.7 Å². The van der Waals surface area contributed by atoms with Gasteiger partial charge in [-0.3, -0.25) is 9.59 Å². The van der Waals surface area contributed by atoms with Gasteiger partial charge in [0.2, 0.25) is 0 Å². The molecule has 0 radical (unpaired) electrons. The van der Waals surface area contributed by atoms with Crippen LogP contribution in [0.3, 0.4) is 0 Å². The maximum atomic E-state index is 12.0. The summed E-state index contributed by atoms with van der Waals surface area (Å²) < 4.78 is 10.6. The van der Waals surface area contributed by atoms with E-state index < -0.39 is 0 Å². The van der Waals surface area contributed by atoms with Crippen LogP contribution in [0.5, 0.6) is 5.75 Å². The Bertz CT molecular complexity index is 806. The van der Waals surface area contributed by atoms with E-state index in [9.17, 15) is 9.59 Å². The molecular formula is C20H27N3O4. The Hall–Kier alpha value is -2.83. The molecule has 0 saturated carbocycles. The fourth-order valence-corrected chi connectivity index (χ4v) is 2.49. The molecule has 0 aliphatic rings. The molecular weight excluding hydrogens is 346 g/mol. The average Bonchev–Trinajstić information content (AvgIpc) is 3.03. The van der Waals surface area contributed by atoms with E-state index in [0.717, 1.165) is 11.1 Å². The van der Waals surface area contributed by atoms with Crippen molar-refractivity contribution >= 4 is 11.8 Å². The van der Waals surface area contributed by atoms with Crippen LogP contribution in [0, 0.1) is 13.8 Å². The summed E-state index contributed by atoms with van der Waals surface area (Å²) in [7, 11) is 0. The molecule has 0 unspecified atom stereocenters. The molecule has 0 fully saturated rings. The van der Waals surface area contributed by atoms with Crippen LogP contribution in [-0.2, 0) is 10.2 Å². The highest BCUT2D eigenvalue weighted by atomic mass is 16.5. The van der Waals surface area contributed by atoms with Crippen molar-refractivity contribution < 1.29 is 18.8 Å². The number of aryl methyl sites for hydroxylation is 2. The van der Waals surface area contributed by atoms with E-state index in [2.05, 4.69) is 42.6 Å². The lowest BCUT2D eigenvalue weighted by Gasteiger charge is -2.23. The monoisotopic (exact) mass is 373 g/mol. The van der Waals surface area contributed by atoms with Gasteiger partial charge in [0.25, 0.3) is 11.8 Å². The van der Waals surface area contributed by atoms with Crippen molar-refractivity contribution in [3.63, 3.8) is 0 Å². The highest BCUT2D eigenvalue weighted by Crippen LogP contribution is 2.32. The first-order chi connectivity index (χ1) is 12.7. The van der Waals surface area contributed by atoms with Gasteiger partial charge in [0, 0.05) is 19.2 Å². The smallest absolute Gasteiger partial charge is 0.273 e. The van der Waals surface area contributed by atoms with Crippen LogP contribution in [0.15, 0.2) is 28.8 Å². The molecule has 2 amide bonds. The molecule has 2 N–H and O–H groups in total. The van der Waals surface area contributed by atoms with Gasteiger partial charge >= 0.3 is 0 Å². The number of benzene rings is 1. The van der Waals surface area contributed by atoms with Gasteiger partial charge < -0.3 is 19.9 Å².